The first-order valence-corrected chi connectivity index (χ1v) is 7.42. The minimum atomic E-state index is -0.906. The van der Waals surface area contributed by atoms with Gasteiger partial charge >= 0.3 is 5.97 Å². The Morgan fingerprint density at radius 1 is 1.22 bits per heavy atom. The van der Waals surface area contributed by atoms with Gasteiger partial charge in [-0.25, -0.2) is 4.79 Å². The molecule has 1 aromatic carbocycles. The average molecular weight is 314 g/mol. The molecule has 0 bridgehead atoms. The summed E-state index contributed by atoms with van der Waals surface area (Å²) >= 11 is 0. The van der Waals surface area contributed by atoms with Gasteiger partial charge in [0.25, 0.3) is 0 Å². The van der Waals surface area contributed by atoms with Gasteiger partial charge in [0.1, 0.15) is 5.75 Å². The lowest BCUT2D eigenvalue weighted by molar-refractivity contribution is 0.0697. The SMILES string of the molecule is COc1c(C)cnc(CN(C)Cc2ccc(C(=O)O)cc2)c1C. The number of aromatic nitrogens is 1. The largest absolute Gasteiger partial charge is 0.496 e. The molecule has 122 valence electrons. The van der Waals surface area contributed by atoms with E-state index in [0.717, 1.165) is 34.7 Å². The molecule has 0 spiro atoms. The number of hydrogen-bond donors (Lipinski definition) is 1. The predicted octanol–water partition coefficient (Wildman–Crippen LogP) is 3.04. The van der Waals surface area contributed by atoms with Crippen molar-refractivity contribution in [3.63, 3.8) is 0 Å². The van der Waals surface area contributed by atoms with Gasteiger partial charge in [-0.2, -0.15) is 0 Å². The molecule has 5 nitrogen and oxygen atoms in total. The summed E-state index contributed by atoms with van der Waals surface area (Å²) < 4.78 is 5.44. The van der Waals surface area contributed by atoms with Gasteiger partial charge in [-0.05, 0) is 38.6 Å². The molecule has 1 aromatic heterocycles. The van der Waals surface area contributed by atoms with Crippen LogP contribution in [0.3, 0.4) is 0 Å². The molecule has 0 radical (unpaired) electrons. The van der Waals surface area contributed by atoms with Crippen molar-refractivity contribution in [3.05, 3.63) is 58.4 Å². The number of nitrogens with zero attached hydrogens (tertiary/aromatic N) is 2. The third-order valence-corrected chi connectivity index (χ3v) is 3.82. The van der Waals surface area contributed by atoms with E-state index >= 15 is 0 Å². The lowest BCUT2D eigenvalue weighted by Crippen LogP contribution is -2.19. The Morgan fingerprint density at radius 3 is 2.43 bits per heavy atom. The van der Waals surface area contributed by atoms with E-state index in [0.29, 0.717) is 12.1 Å². The molecule has 0 atom stereocenters. The quantitative estimate of drug-likeness (QED) is 0.888. The predicted molar refractivity (Wildman–Crippen MR) is 88.8 cm³/mol. The number of carbonyl (C=O) groups is 1. The second-order valence-electron chi connectivity index (χ2n) is 5.72. The second-order valence-corrected chi connectivity index (χ2v) is 5.72. The number of methoxy groups -OCH3 is 1. The first kappa shape index (κ1) is 17.0. The summed E-state index contributed by atoms with van der Waals surface area (Å²) in [6.45, 7) is 5.42. The van der Waals surface area contributed by atoms with Crippen LogP contribution in [-0.2, 0) is 13.1 Å². The highest BCUT2D eigenvalue weighted by molar-refractivity contribution is 5.87. The van der Waals surface area contributed by atoms with Crippen molar-refractivity contribution >= 4 is 5.97 Å². The minimum absolute atomic E-state index is 0.303. The summed E-state index contributed by atoms with van der Waals surface area (Å²) in [6.07, 6.45) is 1.83. The molecule has 0 fully saturated rings. The van der Waals surface area contributed by atoms with Crippen LogP contribution in [0.4, 0.5) is 0 Å². The Kier molecular flexibility index (Phi) is 5.34. The molecule has 0 aliphatic rings. The number of rotatable bonds is 6. The second kappa shape index (κ2) is 7.24. The summed E-state index contributed by atoms with van der Waals surface area (Å²) in [7, 11) is 3.69. The fourth-order valence-corrected chi connectivity index (χ4v) is 2.61. The highest BCUT2D eigenvalue weighted by atomic mass is 16.5. The molecule has 0 amide bonds. The molecular weight excluding hydrogens is 292 g/mol. The highest BCUT2D eigenvalue weighted by Gasteiger charge is 2.12. The fourth-order valence-electron chi connectivity index (χ4n) is 2.61. The zero-order valence-corrected chi connectivity index (χ0v) is 14.0. The van der Waals surface area contributed by atoms with Gasteiger partial charge in [-0.3, -0.25) is 9.88 Å². The molecule has 0 saturated heterocycles. The van der Waals surface area contributed by atoms with E-state index in [4.69, 9.17) is 9.84 Å². The van der Waals surface area contributed by atoms with Crippen LogP contribution in [0, 0.1) is 13.8 Å². The molecule has 1 N–H and O–H groups in total. The van der Waals surface area contributed by atoms with Crippen LogP contribution in [0.2, 0.25) is 0 Å². The van der Waals surface area contributed by atoms with Gasteiger partial charge in [0.05, 0.1) is 18.4 Å². The molecule has 2 rings (SSSR count). The number of hydrogen-bond acceptors (Lipinski definition) is 4. The molecule has 2 aromatic rings. The van der Waals surface area contributed by atoms with E-state index in [1.807, 2.05) is 39.2 Å². The van der Waals surface area contributed by atoms with Crippen molar-refractivity contribution < 1.29 is 14.6 Å². The number of carboxylic acids is 1. The van der Waals surface area contributed by atoms with Gasteiger partial charge in [0.2, 0.25) is 0 Å². The Bertz CT molecular complexity index is 696. The van der Waals surface area contributed by atoms with Crippen LogP contribution in [0.5, 0.6) is 5.75 Å². The summed E-state index contributed by atoms with van der Waals surface area (Å²) in [5.74, 6) is -0.0225. The first-order chi connectivity index (χ1) is 10.9. The molecule has 0 aliphatic carbocycles. The van der Waals surface area contributed by atoms with Crippen LogP contribution in [0.25, 0.3) is 0 Å². The lowest BCUT2D eigenvalue weighted by atomic mass is 10.1. The van der Waals surface area contributed by atoms with Crippen molar-refractivity contribution in [1.29, 1.82) is 0 Å². The maximum absolute atomic E-state index is 10.9. The summed E-state index contributed by atoms with van der Waals surface area (Å²) in [6, 6.07) is 6.94. The molecule has 0 aliphatic heterocycles. The Balaban J connectivity index is 2.07. The number of aromatic carboxylic acids is 1. The zero-order valence-electron chi connectivity index (χ0n) is 14.0. The van der Waals surface area contributed by atoms with Crippen molar-refractivity contribution in [2.45, 2.75) is 26.9 Å². The van der Waals surface area contributed by atoms with Crippen LogP contribution in [0.1, 0.15) is 32.7 Å². The third kappa shape index (κ3) is 4.07. The number of pyridine rings is 1. The smallest absolute Gasteiger partial charge is 0.335 e. The van der Waals surface area contributed by atoms with E-state index in [1.54, 1.807) is 19.2 Å². The highest BCUT2D eigenvalue weighted by Crippen LogP contribution is 2.24. The lowest BCUT2D eigenvalue weighted by Gasteiger charge is -2.19. The zero-order chi connectivity index (χ0) is 17.0. The number of carboxylic acid groups (broad SMARTS) is 1. The molecular formula is C18H22N2O3. The number of ether oxygens (including phenoxy) is 1. The third-order valence-electron chi connectivity index (χ3n) is 3.82. The van der Waals surface area contributed by atoms with Gasteiger partial charge in [0.15, 0.2) is 0 Å². The van der Waals surface area contributed by atoms with Gasteiger partial charge in [-0.1, -0.05) is 12.1 Å². The summed E-state index contributed by atoms with van der Waals surface area (Å²) in [5, 5.41) is 8.92. The van der Waals surface area contributed by atoms with Crippen molar-refractivity contribution in [1.82, 2.24) is 9.88 Å². The normalized spacial score (nSPS) is 10.8. The van der Waals surface area contributed by atoms with E-state index in [1.165, 1.54) is 0 Å². The van der Waals surface area contributed by atoms with E-state index < -0.39 is 5.97 Å². The topological polar surface area (TPSA) is 62.7 Å². The fraction of sp³-hybridized carbons (Fsp3) is 0.333. The first-order valence-electron chi connectivity index (χ1n) is 7.42. The van der Waals surface area contributed by atoms with Crippen LogP contribution < -0.4 is 4.74 Å². The maximum Gasteiger partial charge on any atom is 0.335 e. The summed E-state index contributed by atoms with van der Waals surface area (Å²) in [4.78, 5) is 17.5. The Labute approximate surface area is 136 Å². The van der Waals surface area contributed by atoms with E-state index in [-0.39, 0.29) is 0 Å². The standard InChI is InChI=1S/C18H22N2O3/c1-12-9-19-16(13(2)17(12)23-4)11-20(3)10-14-5-7-15(8-6-14)18(21)22/h5-9H,10-11H2,1-4H3,(H,21,22). The monoisotopic (exact) mass is 314 g/mol. The van der Waals surface area contributed by atoms with Crippen molar-refractivity contribution in [2.75, 3.05) is 14.2 Å². The van der Waals surface area contributed by atoms with Gasteiger partial charge in [0, 0.05) is 30.4 Å². The Hall–Kier alpha value is -2.40. The number of aryl methyl sites for hydroxylation is 1. The van der Waals surface area contributed by atoms with Gasteiger partial charge < -0.3 is 9.84 Å². The number of benzene rings is 1. The van der Waals surface area contributed by atoms with Crippen molar-refractivity contribution in [2.24, 2.45) is 0 Å². The van der Waals surface area contributed by atoms with Crippen LogP contribution in [0.15, 0.2) is 30.5 Å². The molecule has 23 heavy (non-hydrogen) atoms. The maximum atomic E-state index is 10.9. The minimum Gasteiger partial charge on any atom is -0.496 e. The summed E-state index contributed by atoms with van der Waals surface area (Å²) in [5.41, 5.74) is 4.43. The molecule has 1 heterocycles. The molecule has 0 saturated carbocycles. The van der Waals surface area contributed by atoms with Gasteiger partial charge in [-0.15, -0.1) is 0 Å². The molecule has 0 unspecified atom stereocenters. The van der Waals surface area contributed by atoms with Crippen molar-refractivity contribution in [3.8, 4) is 5.75 Å². The van der Waals surface area contributed by atoms with E-state index in [2.05, 4.69) is 9.88 Å². The van der Waals surface area contributed by atoms with Crippen LogP contribution in [-0.4, -0.2) is 35.1 Å². The average Bonchev–Trinajstić information content (AvgIpc) is 2.51. The van der Waals surface area contributed by atoms with E-state index in [9.17, 15) is 4.79 Å². The Morgan fingerprint density at radius 2 is 1.87 bits per heavy atom. The molecule has 5 heteroatoms. The van der Waals surface area contributed by atoms with Crippen LogP contribution >= 0.6 is 0 Å².